The molecule has 0 aromatic heterocycles. The molecule has 2 fully saturated rings. The molecule has 1 saturated carbocycles. The third-order valence-corrected chi connectivity index (χ3v) is 4.68. The largest absolute Gasteiger partial charge is 0.330 e. The zero-order valence-corrected chi connectivity index (χ0v) is 9.71. The van der Waals surface area contributed by atoms with E-state index in [1.165, 1.54) is 24.8 Å². The lowest BCUT2D eigenvalue weighted by atomic mass is 9.84. The Labute approximate surface area is 97.2 Å². The highest BCUT2D eigenvalue weighted by Crippen LogP contribution is 2.66. The van der Waals surface area contributed by atoms with E-state index in [0.717, 1.165) is 19.6 Å². The first-order chi connectivity index (χ1) is 7.83. The summed E-state index contributed by atoms with van der Waals surface area (Å²) in [5, 5.41) is 3.58. The number of nitrogens with two attached hydrogens (primary N) is 1. The van der Waals surface area contributed by atoms with Crippen LogP contribution in [0.25, 0.3) is 0 Å². The number of nitrogens with one attached hydrogen (secondary N) is 1. The molecular formula is C14H20N2. The summed E-state index contributed by atoms with van der Waals surface area (Å²) in [4.78, 5) is 0. The van der Waals surface area contributed by atoms with E-state index in [-0.39, 0.29) is 0 Å². The van der Waals surface area contributed by atoms with E-state index in [9.17, 15) is 0 Å². The molecule has 0 radical (unpaired) electrons. The van der Waals surface area contributed by atoms with E-state index in [2.05, 4.69) is 35.6 Å². The fourth-order valence-electron chi connectivity index (χ4n) is 3.60. The SMILES string of the molecule is NC[C@]12CCCNC[C@@]1(c1ccccc1)C2. The molecule has 1 aromatic carbocycles. The Morgan fingerprint density at radius 3 is 2.81 bits per heavy atom. The molecule has 0 spiro atoms. The molecule has 2 nitrogen and oxygen atoms in total. The van der Waals surface area contributed by atoms with Gasteiger partial charge in [-0.25, -0.2) is 0 Å². The van der Waals surface area contributed by atoms with Crippen LogP contribution in [-0.4, -0.2) is 19.6 Å². The predicted molar refractivity (Wildman–Crippen MR) is 66.3 cm³/mol. The zero-order valence-electron chi connectivity index (χ0n) is 9.71. The summed E-state index contributed by atoms with van der Waals surface area (Å²) in [7, 11) is 0. The fourth-order valence-corrected chi connectivity index (χ4v) is 3.60. The van der Waals surface area contributed by atoms with Crippen molar-refractivity contribution >= 4 is 0 Å². The second-order valence-corrected chi connectivity index (χ2v) is 5.39. The topological polar surface area (TPSA) is 38.0 Å². The summed E-state index contributed by atoms with van der Waals surface area (Å²) in [6.07, 6.45) is 3.82. The second kappa shape index (κ2) is 3.57. The Hall–Kier alpha value is -0.860. The van der Waals surface area contributed by atoms with Crippen molar-refractivity contribution in [3.8, 4) is 0 Å². The van der Waals surface area contributed by atoms with Crippen molar-refractivity contribution in [3.63, 3.8) is 0 Å². The van der Waals surface area contributed by atoms with Crippen molar-refractivity contribution in [1.29, 1.82) is 0 Å². The molecule has 1 heterocycles. The average molecular weight is 216 g/mol. The van der Waals surface area contributed by atoms with Crippen LogP contribution < -0.4 is 11.1 Å². The molecule has 1 saturated heterocycles. The molecule has 0 bridgehead atoms. The summed E-state index contributed by atoms with van der Waals surface area (Å²) >= 11 is 0. The van der Waals surface area contributed by atoms with E-state index < -0.39 is 0 Å². The van der Waals surface area contributed by atoms with Crippen LogP contribution in [0.1, 0.15) is 24.8 Å². The highest BCUT2D eigenvalue weighted by Gasteiger charge is 2.66. The molecule has 2 heteroatoms. The first kappa shape index (κ1) is 10.3. The van der Waals surface area contributed by atoms with Gasteiger partial charge in [-0.2, -0.15) is 0 Å². The molecule has 0 unspecified atom stereocenters. The number of hydrogen-bond donors (Lipinski definition) is 2. The van der Waals surface area contributed by atoms with Crippen molar-refractivity contribution < 1.29 is 0 Å². The van der Waals surface area contributed by atoms with Crippen molar-refractivity contribution in [2.75, 3.05) is 19.6 Å². The van der Waals surface area contributed by atoms with Gasteiger partial charge in [0.15, 0.2) is 0 Å². The molecule has 0 amide bonds. The third kappa shape index (κ3) is 1.26. The molecule has 2 atom stereocenters. The molecular weight excluding hydrogens is 196 g/mol. The van der Waals surface area contributed by atoms with Crippen LogP contribution in [0.15, 0.2) is 30.3 Å². The summed E-state index contributed by atoms with van der Waals surface area (Å²) < 4.78 is 0. The number of fused-ring (bicyclic) bond motifs is 1. The first-order valence-corrected chi connectivity index (χ1v) is 6.29. The monoisotopic (exact) mass is 216 g/mol. The molecule has 1 aliphatic carbocycles. The minimum absolute atomic E-state index is 0.333. The lowest BCUT2D eigenvalue weighted by Crippen LogP contribution is -2.32. The Morgan fingerprint density at radius 1 is 1.25 bits per heavy atom. The zero-order chi connectivity index (χ0) is 11.1. The van der Waals surface area contributed by atoms with E-state index in [4.69, 9.17) is 5.73 Å². The van der Waals surface area contributed by atoms with Gasteiger partial charge in [-0.3, -0.25) is 0 Å². The van der Waals surface area contributed by atoms with Crippen LogP contribution in [0, 0.1) is 5.41 Å². The maximum absolute atomic E-state index is 6.04. The maximum atomic E-state index is 6.04. The molecule has 86 valence electrons. The van der Waals surface area contributed by atoms with Crippen molar-refractivity contribution in [2.24, 2.45) is 11.1 Å². The Bertz CT molecular complexity index is 372. The van der Waals surface area contributed by atoms with Crippen molar-refractivity contribution in [3.05, 3.63) is 35.9 Å². The Morgan fingerprint density at radius 2 is 2.06 bits per heavy atom. The van der Waals surface area contributed by atoms with E-state index in [1.807, 2.05) is 0 Å². The van der Waals surface area contributed by atoms with Crippen LogP contribution >= 0.6 is 0 Å². The van der Waals surface area contributed by atoms with Crippen LogP contribution in [-0.2, 0) is 5.41 Å². The normalized spacial score (nSPS) is 37.6. The number of hydrogen-bond acceptors (Lipinski definition) is 2. The van der Waals surface area contributed by atoms with Gasteiger partial charge in [-0.05, 0) is 43.3 Å². The van der Waals surface area contributed by atoms with Gasteiger partial charge in [0.25, 0.3) is 0 Å². The molecule has 2 aliphatic rings. The lowest BCUT2D eigenvalue weighted by Gasteiger charge is -2.23. The Balaban J connectivity index is 1.98. The average Bonchev–Trinajstić information content (AvgIpc) is 3.00. The summed E-state index contributed by atoms with van der Waals surface area (Å²) in [5.74, 6) is 0. The fraction of sp³-hybridized carbons (Fsp3) is 0.571. The van der Waals surface area contributed by atoms with Crippen LogP contribution in [0.2, 0.25) is 0 Å². The molecule has 16 heavy (non-hydrogen) atoms. The number of rotatable bonds is 2. The summed E-state index contributed by atoms with van der Waals surface area (Å²) in [6, 6.07) is 10.9. The summed E-state index contributed by atoms with van der Waals surface area (Å²) in [6.45, 7) is 3.09. The minimum atomic E-state index is 0.333. The molecule has 1 aromatic rings. The smallest absolute Gasteiger partial charge is 0.0152 e. The van der Waals surface area contributed by atoms with Crippen LogP contribution in [0.5, 0.6) is 0 Å². The first-order valence-electron chi connectivity index (χ1n) is 6.29. The molecule has 3 N–H and O–H groups in total. The predicted octanol–water partition coefficient (Wildman–Crippen LogP) is 1.66. The van der Waals surface area contributed by atoms with Gasteiger partial charge >= 0.3 is 0 Å². The molecule has 3 rings (SSSR count). The van der Waals surface area contributed by atoms with Gasteiger partial charge in [0, 0.05) is 12.0 Å². The maximum Gasteiger partial charge on any atom is 0.0152 e. The van der Waals surface area contributed by atoms with Crippen LogP contribution in [0.4, 0.5) is 0 Å². The van der Waals surface area contributed by atoms with Gasteiger partial charge in [-0.1, -0.05) is 30.3 Å². The minimum Gasteiger partial charge on any atom is -0.330 e. The van der Waals surface area contributed by atoms with E-state index in [1.54, 1.807) is 0 Å². The van der Waals surface area contributed by atoms with Gasteiger partial charge in [-0.15, -0.1) is 0 Å². The van der Waals surface area contributed by atoms with Gasteiger partial charge in [0.05, 0.1) is 0 Å². The highest BCUT2D eigenvalue weighted by molar-refractivity contribution is 5.39. The molecule has 1 aliphatic heterocycles. The standard InChI is InChI=1S/C14H20N2/c15-10-13-7-4-8-16-11-14(13,9-13)12-5-2-1-3-6-12/h1-3,5-6,16H,4,7-11,15H2/t13-,14-/m1/s1. The number of benzene rings is 1. The van der Waals surface area contributed by atoms with E-state index >= 15 is 0 Å². The lowest BCUT2D eigenvalue weighted by molar-refractivity contribution is 0.410. The van der Waals surface area contributed by atoms with Gasteiger partial charge in [0.2, 0.25) is 0 Å². The van der Waals surface area contributed by atoms with Crippen LogP contribution in [0.3, 0.4) is 0 Å². The van der Waals surface area contributed by atoms with E-state index in [0.29, 0.717) is 10.8 Å². The van der Waals surface area contributed by atoms with Gasteiger partial charge in [0.1, 0.15) is 0 Å². The highest BCUT2D eigenvalue weighted by atomic mass is 14.9. The summed E-state index contributed by atoms with van der Waals surface area (Å²) in [5.41, 5.74) is 8.24. The third-order valence-electron chi connectivity index (χ3n) is 4.68. The quantitative estimate of drug-likeness (QED) is 0.789. The second-order valence-electron chi connectivity index (χ2n) is 5.39. The van der Waals surface area contributed by atoms with Crippen molar-refractivity contribution in [1.82, 2.24) is 5.32 Å². The Kier molecular flexibility index (Phi) is 2.30. The van der Waals surface area contributed by atoms with Gasteiger partial charge < -0.3 is 11.1 Å². The van der Waals surface area contributed by atoms with Crippen molar-refractivity contribution in [2.45, 2.75) is 24.7 Å².